The first kappa shape index (κ1) is 18.1. The zero-order chi connectivity index (χ0) is 19.2. The normalized spacial score (nSPS) is 23.4. The Morgan fingerprint density at radius 1 is 1.00 bits per heavy atom. The van der Waals surface area contributed by atoms with Crippen LogP contribution in [0.2, 0.25) is 0 Å². The summed E-state index contributed by atoms with van der Waals surface area (Å²) in [4.78, 5) is 25.5. The standard InChI is InChI=1S/C21H21NO4S/c22-21(20(25)26,13-9-12(10-13)19(23)24)11-16-14-5-1-3-7-17(14)27-18-8-4-2-6-15(16)18/h1-8,12-13,16H,9-11,22H2,(H,23,24)(H,25,26)/t12-,13-,21?. The zero-order valence-electron chi connectivity index (χ0n) is 14.7. The topological polar surface area (TPSA) is 101 Å². The molecule has 2 aromatic rings. The molecular weight excluding hydrogens is 362 g/mol. The van der Waals surface area contributed by atoms with E-state index in [0.29, 0.717) is 12.8 Å². The maximum Gasteiger partial charge on any atom is 0.323 e. The minimum Gasteiger partial charge on any atom is -0.481 e. The Morgan fingerprint density at radius 3 is 2.00 bits per heavy atom. The lowest BCUT2D eigenvalue weighted by atomic mass is 9.62. The van der Waals surface area contributed by atoms with Crippen molar-refractivity contribution in [1.29, 1.82) is 0 Å². The van der Waals surface area contributed by atoms with Crippen molar-refractivity contribution in [2.75, 3.05) is 0 Å². The number of hydrogen-bond donors (Lipinski definition) is 3. The number of carboxylic acid groups (broad SMARTS) is 2. The number of rotatable bonds is 5. The van der Waals surface area contributed by atoms with Crippen molar-refractivity contribution < 1.29 is 19.8 Å². The van der Waals surface area contributed by atoms with E-state index in [1.165, 1.54) is 0 Å². The van der Waals surface area contributed by atoms with Gasteiger partial charge in [0.2, 0.25) is 0 Å². The van der Waals surface area contributed by atoms with Gasteiger partial charge in [0.1, 0.15) is 5.54 Å². The van der Waals surface area contributed by atoms with Crippen LogP contribution in [0, 0.1) is 11.8 Å². The Hall–Kier alpha value is -2.31. The Balaban J connectivity index is 1.70. The van der Waals surface area contributed by atoms with Crippen molar-refractivity contribution in [1.82, 2.24) is 0 Å². The van der Waals surface area contributed by atoms with E-state index in [2.05, 4.69) is 0 Å². The fourth-order valence-electron chi connectivity index (χ4n) is 4.24. The molecule has 1 unspecified atom stereocenters. The molecule has 5 nitrogen and oxygen atoms in total. The highest BCUT2D eigenvalue weighted by Gasteiger charge is 2.52. The summed E-state index contributed by atoms with van der Waals surface area (Å²) in [5, 5.41) is 19.1. The van der Waals surface area contributed by atoms with Gasteiger partial charge in [0, 0.05) is 15.7 Å². The van der Waals surface area contributed by atoms with E-state index in [4.69, 9.17) is 10.8 Å². The van der Waals surface area contributed by atoms with Crippen molar-refractivity contribution in [2.45, 2.75) is 40.5 Å². The molecule has 1 atom stereocenters. The van der Waals surface area contributed by atoms with E-state index in [-0.39, 0.29) is 18.3 Å². The number of carbonyl (C=O) groups is 2. The summed E-state index contributed by atoms with van der Waals surface area (Å²) in [5.74, 6) is -2.86. The molecule has 1 fully saturated rings. The Labute approximate surface area is 161 Å². The summed E-state index contributed by atoms with van der Waals surface area (Å²) in [5.41, 5.74) is 7.19. The lowest BCUT2D eigenvalue weighted by molar-refractivity contribution is -0.156. The van der Waals surface area contributed by atoms with Gasteiger partial charge in [0.25, 0.3) is 0 Å². The Kier molecular flexibility index (Phi) is 4.48. The van der Waals surface area contributed by atoms with Gasteiger partial charge in [0.05, 0.1) is 5.92 Å². The quantitative estimate of drug-likeness (QED) is 0.730. The van der Waals surface area contributed by atoms with Gasteiger partial charge in [-0.25, -0.2) is 0 Å². The first-order valence-corrected chi connectivity index (χ1v) is 9.82. The molecule has 1 aliphatic carbocycles. The molecule has 1 aliphatic heterocycles. The van der Waals surface area contributed by atoms with E-state index in [1.54, 1.807) is 11.8 Å². The number of fused-ring (bicyclic) bond motifs is 2. The summed E-state index contributed by atoms with van der Waals surface area (Å²) < 4.78 is 0. The lowest BCUT2D eigenvalue weighted by Gasteiger charge is -2.45. The molecular formula is C21H21NO4S. The van der Waals surface area contributed by atoms with Gasteiger partial charge >= 0.3 is 11.9 Å². The van der Waals surface area contributed by atoms with Crippen molar-refractivity contribution in [3.8, 4) is 0 Å². The second-order valence-corrected chi connectivity index (χ2v) is 8.57. The molecule has 1 heterocycles. The third-order valence-electron chi connectivity index (χ3n) is 5.96. The van der Waals surface area contributed by atoms with Gasteiger partial charge in [0.15, 0.2) is 0 Å². The first-order valence-electron chi connectivity index (χ1n) is 9.01. The Morgan fingerprint density at radius 2 is 1.52 bits per heavy atom. The van der Waals surface area contributed by atoms with Crippen LogP contribution < -0.4 is 5.73 Å². The number of benzene rings is 2. The van der Waals surface area contributed by atoms with Crippen LogP contribution in [0.3, 0.4) is 0 Å². The summed E-state index contributed by atoms with van der Waals surface area (Å²) in [6.45, 7) is 0. The van der Waals surface area contributed by atoms with E-state index in [1.807, 2.05) is 48.5 Å². The van der Waals surface area contributed by atoms with E-state index < -0.39 is 23.4 Å². The van der Waals surface area contributed by atoms with Crippen LogP contribution in [0.25, 0.3) is 0 Å². The zero-order valence-corrected chi connectivity index (χ0v) is 15.5. The molecule has 140 valence electrons. The third-order valence-corrected chi connectivity index (χ3v) is 7.15. The summed E-state index contributed by atoms with van der Waals surface area (Å²) >= 11 is 1.69. The van der Waals surface area contributed by atoms with Crippen LogP contribution in [0.15, 0.2) is 58.3 Å². The molecule has 4 rings (SSSR count). The van der Waals surface area contributed by atoms with Gasteiger partial charge in [-0.3, -0.25) is 9.59 Å². The predicted molar refractivity (Wildman–Crippen MR) is 102 cm³/mol. The van der Waals surface area contributed by atoms with E-state index >= 15 is 0 Å². The van der Waals surface area contributed by atoms with E-state index in [9.17, 15) is 14.7 Å². The molecule has 6 heteroatoms. The smallest absolute Gasteiger partial charge is 0.323 e. The lowest BCUT2D eigenvalue weighted by Crippen LogP contribution is -2.59. The number of hydrogen-bond acceptors (Lipinski definition) is 4. The number of carboxylic acids is 2. The summed E-state index contributed by atoms with van der Waals surface area (Å²) in [6, 6.07) is 16.0. The van der Waals surface area contributed by atoms with Crippen molar-refractivity contribution in [3.05, 3.63) is 59.7 Å². The van der Waals surface area contributed by atoms with Crippen molar-refractivity contribution in [2.24, 2.45) is 17.6 Å². The number of nitrogens with two attached hydrogens (primary N) is 1. The largest absolute Gasteiger partial charge is 0.481 e. The fourth-order valence-corrected chi connectivity index (χ4v) is 5.42. The van der Waals surface area contributed by atoms with Crippen LogP contribution in [0.4, 0.5) is 0 Å². The minimum absolute atomic E-state index is 0.122. The van der Waals surface area contributed by atoms with Crippen LogP contribution in [-0.2, 0) is 9.59 Å². The van der Waals surface area contributed by atoms with Crippen LogP contribution in [0.1, 0.15) is 36.3 Å². The van der Waals surface area contributed by atoms with Gasteiger partial charge in [-0.2, -0.15) is 0 Å². The molecule has 1 saturated carbocycles. The molecule has 0 bridgehead atoms. The fraction of sp³-hybridized carbons (Fsp3) is 0.333. The molecule has 0 spiro atoms. The first-order chi connectivity index (χ1) is 12.9. The monoisotopic (exact) mass is 383 g/mol. The van der Waals surface area contributed by atoms with Crippen molar-refractivity contribution in [3.63, 3.8) is 0 Å². The molecule has 0 aromatic heterocycles. The third kappa shape index (κ3) is 3.03. The highest BCUT2D eigenvalue weighted by molar-refractivity contribution is 7.99. The van der Waals surface area contributed by atoms with Crippen LogP contribution >= 0.6 is 11.8 Å². The van der Waals surface area contributed by atoms with Gasteiger partial charge < -0.3 is 15.9 Å². The van der Waals surface area contributed by atoms with Gasteiger partial charge in [-0.15, -0.1) is 0 Å². The van der Waals surface area contributed by atoms with Crippen LogP contribution in [-0.4, -0.2) is 27.7 Å². The van der Waals surface area contributed by atoms with E-state index in [0.717, 1.165) is 20.9 Å². The second-order valence-electron chi connectivity index (χ2n) is 7.48. The molecule has 2 aromatic carbocycles. The van der Waals surface area contributed by atoms with Gasteiger partial charge in [-0.1, -0.05) is 48.2 Å². The SMILES string of the molecule is NC(CC1c2ccccc2Sc2ccccc21)(C(=O)O)[C@H]1C[C@H](C(=O)O)C1. The molecule has 0 saturated heterocycles. The summed E-state index contributed by atoms with van der Waals surface area (Å²) in [7, 11) is 0. The average Bonchev–Trinajstić information content (AvgIpc) is 2.59. The highest BCUT2D eigenvalue weighted by Crippen LogP contribution is 2.51. The molecule has 0 amide bonds. The summed E-state index contributed by atoms with van der Waals surface area (Å²) in [6.07, 6.45) is 0.902. The van der Waals surface area contributed by atoms with Crippen molar-refractivity contribution >= 4 is 23.7 Å². The molecule has 4 N–H and O–H groups in total. The maximum absolute atomic E-state index is 12.2. The maximum atomic E-state index is 12.2. The van der Waals surface area contributed by atoms with Gasteiger partial charge in [-0.05, 0) is 48.4 Å². The molecule has 27 heavy (non-hydrogen) atoms. The predicted octanol–water partition coefficient (Wildman–Crippen LogP) is 3.57. The molecule has 0 radical (unpaired) electrons. The number of aliphatic carboxylic acids is 2. The van der Waals surface area contributed by atoms with Crippen LogP contribution in [0.5, 0.6) is 0 Å². The Bertz CT molecular complexity index is 863. The average molecular weight is 383 g/mol. The highest BCUT2D eigenvalue weighted by atomic mass is 32.2. The minimum atomic E-state index is -1.45. The molecule has 2 aliphatic rings. The second kappa shape index (κ2) is 6.69.